The Balaban J connectivity index is 1.08. The summed E-state index contributed by atoms with van der Waals surface area (Å²) in [5.74, 6) is 0.653. The Morgan fingerprint density at radius 3 is 1.78 bits per heavy atom. The number of thiophene rings is 1. The lowest BCUT2D eigenvalue weighted by atomic mass is 9.95. The molecular formula is C54H33N3S. The van der Waals surface area contributed by atoms with E-state index in [0.717, 1.165) is 44.3 Å². The molecule has 3 aromatic heterocycles. The zero-order valence-corrected chi connectivity index (χ0v) is 32.1. The third-order valence-electron chi connectivity index (χ3n) is 11.6. The van der Waals surface area contributed by atoms with Crippen molar-refractivity contribution in [1.82, 2.24) is 14.5 Å². The fraction of sp³-hybridized carbons (Fsp3) is 0. The highest BCUT2D eigenvalue weighted by atomic mass is 32.1. The van der Waals surface area contributed by atoms with Crippen LogP contribution in [-0.4, -0.2) is 14.5 Å². The molecule has 0 fully saturated rings. The topological polar surface area (TPSA) is 30.7 Å². The van der Waals surface area contributed by atoms with Gasteiger partial charge in [-0.15, -0.1) is 11.3 Å². The molecule has 0 spiro atoms. The predicted molar refractivity (Wildman–Crippen MR) is 246 cm³/mol. The molecule has 12 rings (SSSR count). The Morgan fingerprint density at radius 1 is 0.362 bits per heavy atom. The van der Waals surface area contributed by atoms with E-state index >= 15 is 0 Å². The van der Waals surface area contributed by atoms with E-state index in [-0.39, 0.29) is 0 Å². The molecule has 0 saturated heterocycles. The Bertz CT molecular complexity index is 3580. The molecule has 270 valence electrons. The normalized spacial score (nSPS) is 11.8. The van der Waals surface area contributed by atoms with E-state index in [2.05, 4.69) is 205 Å². The van der Waals surface area contributed by atoms with E-state index in [1.807, 2.05) is 11.3 Å². The third kappa shape index (κ3) is 5.12. The van der Waals surface area contributed by atoms with Crippen LogP contribution in [0.15, 0.2) is 200 Å². The van der Waals surface area contributed by atoms with Crippen molar-refractivity contribution in [2.45, 2.75) is 0 Å². The SMILES string of the molecule is c1ccc(-c2nc(-n3c4c(-c5cccc(-c6cccc(-c7cccc8c7sc7ccccc78)c6)c5)cccc4c4ccc5ccccc5c43)nc3ccccc23)cc1. The Hall–Kier alpha value is -7.40. The molecule has 0 amide bonds. The quantitative estimate of drug-likeness (QED) is 0.175. The first-order valence-electron chi connectivity index (χ1n) is 19.7. The largest absolute Gasteiger partial charge is 0.277 e. The molecule has 0 N–H and O–H groups in total. The van der Waals surface area contributed by atoms with Gasteiger partial charge in [0, 0.05) is 52.8 Å². The molecule has 58 heavy (non-hydrogen) atoms. The van der Waals surface area contributed by atoms with Gasteiger partial charge < -0.3 is 0 Å². The molecule has 0 aliphatic rings. The molecule has 3 heterocycles. The van der Waals surface area contributed by atoms with Gasteiger partial charge in [-0.1, -0.05) is 176 Å². The van der Waals surface area contributed by atoms with Gasteiger partial charge in [-0.2, -0.15) is 0 Å². The molecule has 0 atom stereocenters. The molecule has 3 nitrogen and oxygen atoms in total. The molecular weight excluding hydrogens is 723 g/mol. The number of para-hydroxylation sites is 2. The number of nitrogens with zero attached hydrogens (tertiary/aromatic N) is 3. The fourth-order valence-corrected chi connectivity index (χ4v) is 10.2. The number of aromatic nitrogens is 3. The van der Waals surface area contributed by atoms with Crippen LogP contribution in [-0.2, 0) is 0 Å². The van der Waals surface area contributed by atoms with Crippen molar-refractivity contribution < 1.29 is 0 Å². The van der Waals surface area contributed by atoms with E-state index in [9.17, 15) is 0 Å². The minimum Gasteiger partial charge on any atom is -0.277 e. The number of fused-ring (bicyclic) bond motifs is 9. The summed E-state index contributed by atoms with van der Waals surface area (Å²) in [5, 5.41) is 8.35. The standard InChI is InChI=1S/C54H33N3S/c1-2-15-35(16-3-1)50-47-23-6-8-28-48(47)55-54(56-50)57-51-40-21-5-4-14-34(40)30-31-45(51)44-26-12-24-41(52(44)57)38-19-10-17-36(32-38)37-18-11-20-39(33-37)42-25-13-27-46-43-22-7-9-29-49(43)58-53(42)46/h1-33H. The van der Waals surface area contributed by atoms with Gasteiger partial charge in [0.25, 0.3) is 0 Å². The van der Waals surface area contributed by atoms with Crippen molar-refractivity contribution in [3.63, 3.8) is 0 Å². The molecule has 0 radical (unpaired) electrons. The van der Waals surface area contributed by atoms with Gasteiger partial charge in [-0.25, -0.2) is 9.97 Å². The monoisotopic (exact) mass is 755 g/mol. The molecule has 0 saturated carbocycles. The van der Waals surface area contributed by atoms with Crippen molar-refractivity contribution in [2.75, 3.05) is 0 Å². The van der Waals surface area contributed by atoms with Crippen LogP contribution >= 0.6 is 11.3 Å². The molecule has 0 aliphatic carbocycles. The first kappa shape index (κ1) is 32.8. The Kier molecular flexibility index (Phi) is 7.40. The summed E-state index contributed by atoms with van der Waals surface area (Å²) >= 11 is 1.87. The van der Waals surface area contributed by atoms with Crippen LogP contribution in [0.1, 0.15) is 0 Å². The third-order valence-corrected chi connectivity index (χ3v) is 12.8. The van der Waals surface area contributed by atoms with Crippen LogP contribution < -0.4 is 0 Å². The Labute approximate surface area is 338 Å². The second-order valence-corrected chi connectivity index (χ2v) is 16.0. The molecule has 4 heteroatoms. The first-order chi connectivity index (χ1) is 28.8. The van der Waals surface area contributed by atoms with Crippen LogP contribution in [0.2, 0.25) is 0 Å². The highest BCUT2D eigenvalue weighted by Crippen LogP contribution is 2.43. The molecule has 0 unspecified atom stereocenters. The molecule has 0 aliphatic heterocycles. The summed E-state index contributed by atoms with van der Waals surface area (Å²) in [6, 6.07) is 72.0. The summed E-state index contributed by atoms with van der Waals surface area (Å²) in [4.78, 5) is 10.8. The van der Waals surface area contributed by atoms with Crippen molar-refractivity contribution in [3.05, 3.63) is 200 Å². The van der Waals surface area contributed by atoms with Crippen LogP contribution in [0.25, 0.3) is 114 Å². The van der Waals surface area contributed by atoms with E-state index in [0.29, 0.717) is 5.95 Å². The van der Waals surface area contributed by atoms with E-state index in [4.69, 9.17) is 9.97 Å². The average Bonchev–Trinajstić information content (AvgIpc) is 3.86. The molecule has 9 aromatic carbocycles. The Morgan fingerprint density at radius 2 is 0.948 bits per heavy atom. The van der Waals surface area contributed by atoms with Gasteiger partial charge in [0.05, 0.1) is 22.2 Å². The zero-order chi connectivity index (χ0) is 38.2. The minimum atomic E-state index is 0.653. The maximum atomic E-state index is 5.45. The first-order valence-corrected chi connectivity index (χ1v) is 20.5. The fourth-order valence-electron chi connectivity index (χ4n) is 8.95. The van der Waals surface area contributed by atoms with Gasteiger partial charge in [0.1, 0.15) is 0 Å². The summed E-state index contributed by atoms with van der Waals surface area (Å²) in [5.41, 5.74) is 12.2. The van der Waals surface area contributed by atoms with E-state index in [1.165, 1.54) is 64.0 Å². The number of hydrogen-bond donors (Lipinski definition) is 0. The molecule has 0 bridgehead atoms. The van der Waals surface area contributed by atoms with Crippen LogP contribution in [0.3, 0.4) is 0 Å². The van der Waals surface area contributed by atoms with Crippen LogP contribution in [0.4, 0.5) is 0 Å². The van der Waals surface area contributed by atoms with Crippen LogP contribution in [0, 0.1) is 0 Å². The maximum Gasteiger partial charge on any atom is 0.235 e. The number of benzene rings is 9. The smallest absolute Gasteiger partial charge is 0.235 e. The van der Waals surface area contributed by atoms with E-state index in [1.54, 1.807) is 0 Å². The van der Waals surface area contributed by atoms with Gasteiger partial charge in [-0.3, -0.25) is 4.57 Å². The summed E-state index contributed by atoms with van der Waals surface area (Å²) in [7, 11) is 0. The van der Waals surface area contributed by atoms with Gasteiger partial charge >= 0.3 is 0 Å². The lowest BCUT2D eigenvalue weighted by Gasteiger charge is -2.15. The maximum absolute atomic E-state index is 5.45. The van der Waals surface area contributed by atoms with Gasteiger partial charge in [0.15, 0.2) is 0 Å². The molecule has 12 aromatic rings. The number of hydrogen-bond acceptors (Lipinski definition) is 3. The van der Waals surface area contributed by atoms with Crippen molar-refractivity contribution >= 4 is 75.0 Å². The van der Waals surface area contributed by atoms with Crippen molar-refractivity contribution in [1.29, 1.82) is 0 Å². The van der Waals surface area contributed by atoms with Crippen molar-refractivity contribution in [2.24, 2.45) is 0 Å². The zero-order valence-electron chi connectivity index (χ0n) is 31.3. The highest BCUT2D eigenvalue weighted by molar-refractivity contribution is 7.26. The van der Waals surface area contributed by atoms with E-state index < -0.39 is 0 Å². The lowest BCUT2D eigenvalue weighted by Crippen LogP contribution is -2.04. The summed E-state index contributed by atoms with van der Waals surface area (Å²) in [6.07, 6.45) is 0. The minimum absolute atomic E-state index is 0.653. The number of rotatable bonds is 5. The van der Waals surface area contributed by atoms with Gasteiger partial charge in [0.2, 0.25) is 5.95 Å². The second-order valence-electron chi connectivity index (χ2n) is 14.9. The van der Waals surface area contributed by atoms with Crippen molar-refractivity contribution in [3.8, 4) is 50.6 Å². The average molecular weight is 756 g/mol. The summed E-state index contributed by atoms with van der Waals surface area (Å²) in [6.45, 7) is 0. The highest BCUT2D eigenvalue weighted by Gasteiger charge is 2.22. The van der Waals surface area contributed by atoms with Crippen LogP contribution in [0.5, 0.6) is 0 Å². The van der Waals surface area contributed by atoms with Gasteiger partial charge in [-0.05, 0) is 57.5 Å². The lowest BCUT2D eigenvalue weighted by molar-refractivity contribution is 1.02. The summed E-state index contributed by atoms with van der Waals surface area (Å²) < 4.78 is 4.96. The predicted octanol–water partition coefficient (Wildman–Crippen LogP) is 14.9. The second kappa shape index (κ2) is 13.1.